The van der Waals surface area contributed by atoms with Crippen LogP contribution in [0.3, 0.4) is 0 Å². The van der Waals surface area contributed by atoms with Crippen molar-refractivity contribution in [3.8, 4) is 31.7 Å². The Kier molecular flexibility index (Phi) is 22.1. The van der Waals surface area contributed by atoms with Gasteiger partial charge in [-0.3, -0.25) is 29.1 Å². The molecule has 3 amide bonds. The molecule has 16 nitrogen and oxygen atoms in total. The number of rotatable bonds is 18. The lowest BCUT2D eigenvalue weighted by atomic mass is 10.0. The Hall–Kier alpha value is -5.44. The van der Waals surface area contributed by atoms with Gasteiger partial charge in [0, 0.05) is 154 Å². The van der Waals surface area contributed by atoms with E-state index in [1.54, 1.807) is 68.0 Å². The summed E-state index contributed by atoms with van der Waals surface area (Å²) in [6, 6.07) is 26.4. The van der Waals surface area contributed by atoms with E-state index in [1.807, 2.05) is 50.3 Å². The molecule has 1 fully saturated rings. The summed E-state index contributed by atoms with van der Waals surface area (Å²) in [5.41, 5.74) is 10.6. The third-order valence-electron chi connectivity index (χ3n) is 17.4. The molecule has 0 aliphatic carbocycles. The third-order valence-corrected chi connectivity index (χ3v) is 23.9. The molecule has 0 atom stereocenters. The first-order valence-corrected chi connectivity index (χ1v) is 36.7. The highest BCUT2D eigenvalue weighted by Crippen LogP contribution is 2.49. The fourth-order valence-corrected chi connectivity index (χ4v) is 19.1. The average Bonchev–Trinajstić information content (AvgIpc) is 1.68. The van der Waals surface area contributed by atoms with E-state index in [0.717, 1.165) is 161 Å². The van der Waals surface area contributed by atoms with Crippen LogP contribution in [0.15, 0.2) is 72.8 Å². The fourth-order valence-electron chi connectivity index (χ4n) is 11.9. The first-order chi connectivity index (χ1) is 43.5. The number of carbonyl (C=O) groups excluding carboxylic acids is 3. The topological polar surface area (TPSA) is 157 Å². The van der Waals surface area contributed by atoms with Crippen molar-refractivity contribution >= 4 is 131 Å². The maximum Gasteiger partial charge on any atom is 0.226 e. The number of para-hydroxylation sites is 3. The van der Waals surface area contributed by atoms with Gasteiger partial charge in [0.2, 0.25) is 17.7 Å². The van der Waals surface area contributed by atoms with Gasteiger partial charge in [-0.25, -0.2) is 15.0 Å². The van der Waals surface area contributed by atoms with Gasteiger partial charge in [0.1, 0.15) is 30.0 Å². The number of piperazine rings is 1. The maximum absolute atomic E-state index is 13.0. The van der Waals surface area contributed by atoms with Crippen LogP contribution in [0.25, 0.3) is 62.4 Å². The van der Waals surface area contributed by atoms with E-state index in [2.05, 4.69) is 143 Å². The lowest BCUT2D eigenvalue weighted by Gasteiger charge is -2.32. The zero-order valence-corrected chi connectivity index (χ0v) is 58.7. The van der Waals surface area contributed by atoms with Crippen molar-refractivity contribution in [2.45, 2.75) is 118 Å². The van der Waals surface area contributed by atoms with Crippen LogP contribution < -0.4 is 21.3 Å². The molecule has 4 aliphatic heterocycles. The van der Waals surface area contributed by atoms with Crippen molar-refractivity contribution in [1.29, 1.82) is 0 Å². The number of fused-ring (bicyclic) bond motifs is 6. The van der Waals surface area contributed by atoms with Gasteiger partial charge in [-0.05, 0) is 142 Å². The van der Waals surface area contributed by atoms with Crippen molar-refractivity contribution in [3.63, 3.8) is 0 Å². The smallest absolute Gasteiger partial charge is 0.226 e. The van der Waals surface area contributed by atoms with Gasteiger partial charge in [0.15, 0.2) is 0 Å². The van der Waals surface area contributed by atoms with Crippen LogP contribution in [0.2, 0.25) is 0 Å². The number of anilines is 3. The molecule has 0 bridgehead atoms. The van der Waals surface area contributed by atoms with Crippen LogP contribution in [0.5, 0.6) is 0 Å². The van der Waals surface area contributed by atoms with Gasteiger partial charge in [-0.1, -0.05) is 36.4 Å². The molecule has 6 aromatic heterocycles. The summed E-state index contributed by atoms with van der Waals surface area (Å²) in [5.74, 6) is 0.229. The van der Waals surface area contributed by atoms with Crippen molar-refractivity contribution in [2.75, 3.05) is 110 Å². The number of nitrogens with one attached hydrogen (secondary N) is 4. The summed E-state index contributed by atoms with van der Waals surface area (Å²) >= 11 is 10.4. The van der Waals surface area contributed by atoms with Gasteiger partial charge >= 0.3 is 0 Å². The van der Waals surface area contributed by atoms with E-state index in [0.29, 0.717) is 43.9 Å². The molecule has 10 heterocycles. The molecule has 478 valence electrons. The number of hydrogen-bond donors (Lipinski definition) is 4. The Balaban J connectivity index is 0.000000139. The second-order valence-electron chi connectivity index (χ2n) is 25.0. The van der Waals surface area contributed by atoms with Crippen molar-refractivity contribution < 1.29 is 14.4 Å². The van der Waals surface area contributed by atoms with E-state index in [1.165, 1.54) is 45.4 Å². The van der Waals surface area contributed by atoms with E-state index >= 15 is 0 Å². The number of thiophene rings is 3. The van der Waals surface area contributed by atoms with E-state index in [-0.39, 0.29) is 17.7 Å². The number of benzene rings is 3. The molecule has 0 radical (unpaired) electrons. The van der Waals surface area contributed by atoms with Crippen molar-refractivity contribution in [1.82, 2.24) is 49.7 Å². The van der Waals surface area contributed by atoms with Crippen LogP contribution in [-0.2, 0) is 53.3 Å². The number of hydrogen-bond acceptors (Lipinski definition) is 19. The number of likely N-dealkylation sites (N-methyl/N-ethyl adjacent to an activating group) is 1. The molecule has 0 saturated carbocycles. The monoisotopic (exact) mass is 1330 g/mol. The number of aromatic nitrogens is 3. The predicted molar refractivity (Wildman–Crippen MR) is 383 cm³/mol. The van der Waals surface area contributed by atoms with Gasteiger partial charge in [0.25, 0.3) is 0 Å². The SMILES string of the molecule is CC(C)N1CCc2c(sc(NC(=O)CCN(C)C)c2-c2nc3ccccc3s2)C1.CC(C)N1CCc2c(sc(NC(=O)CCN3CCN(C)CC3)c2-c2nc3ccccc3s2)C1.CNCCC(=O)Nc1sc2c(c1-c1nc3ccccc3s1)CCN(C(C)C)C2. The van der Waals surface area contributed by atoms with E-state index in [4.69, 9.17) is 15.0 Å². The van der Waals surface area contributed by atoms with Crippen LogP contribution in [0.4, 0.5) is 15.0 Å². The number of amides is 3. The summed E-state index contributed by atoms with van der Waals surface area (Å²) in [7, 11) is 8.01. The Morgan fingerprint density at radius 1 is 0.489 bits per heavy atom. The molecule has 4 aliphatic rings. The second-order valence-corrected chi connectivity index (χ2v) is 31.4. The Morgan fingerprint density at radius 2 is 0.844 bits per heavy atom. The average molecular weight is 1330 g/mol. The summed E-state index contributed by atoms with van der Waals surface area (Å²) in [5, 5.41) is 18.7. The largest absolute Gasteiger partial charge is 0.319 e. The molecule has 13 rings (SSSR count). The minimum atomic E-state index is 0.0519. The molecule has 0 spiro atoms. The quantitative estimate of drug-likeness (QED) is 0.0644. The third kappa shape index (κ3) is 15.8. The molecule has 3 aromatic carbocycles. The minimum absolute atomic E-state index is 0.0519. The van der Waals surface area contributed by atoms with Gasteiger partial charge in [-0.2, -0.15) is 0 Å². The second kappa shape index (κ2) is 30.1. The van der Waals surface area contributed by atoms with E-state index < -0.39 is 0 Å². The molecule has 1 saturated heterocycles. The zero-order valence-electron chi connectivity index (χ0n) is 53.8. The first kappa shape index (κ1) is 66.0. The molecule has 9 aromatic rings. The number of nitrogens with zero attached hydrogens (tertiary/aromatic N) is 9. The lowest BCUT2D eigenvalue weighted by molar-refractivity contribution is -0.117. The molecule has 4 N–H and O–H groups in total. The Morgan fingerprint density at radius 3 is 1.19 bits per heavy atom. The zero-order chi connectivity index (χ0) is 63.2. The first-order valence-electron chi connectivity index (χ1n) is 31.8. The standard InChI is InChI=1S/C25H33N5OS2.C22H28N4OS2.C21H26N4OS2/c1-17(2)30-11-8-18-21(16-30)33-25(23(18)24-26-19-6-4-5-7-20(19)32-24)27-22(31)9-10-29-14-12-28(3)13-15-29;1-14(2)26-12-9-15-18(13-26)29-22(24-19(27)10-11-25(3)4)20(15)21-23-16-7-5-6-8-17(16)28-21;1-13(2)25-11-9-14-17(12-25)28-21(24-18(26)8-10-22-3)19(14)20-23-15-6-4-5-7-16(15)27-20/h4-7,17H,8-16H2,1-3H3,(H,27,31);5-8,14H,9-13H2,1-4H3,(H,24,27);4-7,13,22H,8-12H2,1-3H3,(H,24,26). The highest BCUT2D eigenvalue weighted by Gasteiger charge is 2.32. The number of thiazole rings is 3. The van der Waals surface area contributed by atoms with Crippen LogP contribution in [0.1, 0.15) is 92.1 Å². The molecular formula is C68H87N13O3S6. The maximum atomic E-state index is 13.0. The van der Waals surface area contributed by atoms with Crippen LogP contribution in [0, 0.1) is 0 Å². The summed E-state index contributed by atoms with van der Waals surface area (Å²) in [4.78, 5) is 71.2. The molecule has 90 heavy (non-hydrogen) atoms. The van der Waals surface area contributed by atoms with Gasteiger partial charge in [0.05, 0.1) is 30.6 Å². The molecular weight excluding hydrogens is 1240 g/mol. The Labute approximate surface area is 554 Å². The summed E-state index contributed by atoms with van der Waals surface area (Å²) in [6.07, 6.45) is 4.50. The van der Waals surface area contributed by atoms with E-state index in [9.17, 15) is 14.4 Å². The summed E-state index contributed by atoms with van der Waals surface area (Å²) in [6.45, 7) is 26.0. The molecule has 22 heteroatoms. The molecule has 0 unspecified atom stereocenters. The highest BCUT2D eigenvalue weighted by molar-refractivity contribution is 7.24. The summed E-state index contributed by atoms with van der Waals surface area (Å²) < 4.78 is 3.57. The highest BCUT2D eigenvalue weighted by atomic mass is 32.1. The lowest BCUT2D eigenvalue weighted by Crippen LogP contribution is -2.45. The van der Waals surface area contributed by atoms with Crippen LogP contribution in [-0.4, -0.2) is 174 Å². The minimum Gasteiger partial charge on any atom is -0.319 e. The predicted octanol–water partition coefficient (Wildman–Crippen LogP) is 13.4. The van der Waals surface area contributed by atoms with Crippen LogP contribution >= 0.6 is 68.0 Å². The normalized spacial score (nSPS) is 15.9. The fraction of sp³-hybridized carbons (Fsp3) is 0.471. The van der Waals surface area contributed by atoms with Gasteiger partial charge in [-0.15, -0.1) is 68.0 Å². The van der Waals surface area contributed by atoms with Gasteiger partial charge < -0.3 is 36.0 Å². The Bertz CT molecular complexity index is 3840. The van der Waals surface area contributed by atoms with Crippen molar-refractivity contribution in [2.24, 2.45) is 0 Å². The van der Waals surface area contributed by atoms with Crippen molar-refractivity contribution in [3.05, 3.63) is 104 Å². The number of carbonyl (C=O) groups is 3.